The third-order valence-electron chi connectivity index (χ3n) is 10.7. The van der Waals surface area contributed by atoms with Gasteiger partial charge in [0.25, 0.3) is 0 Å². The molecule has 2 fully saturated rings. The second kappa shape index (κ2) is 16.5. The number of carbonyl (C=O) groups excluding carboxylic acids is 3. The Morgan fingerprint density at radius 3 is 2.19 bits per heavy atom. The fourth-order valence-electron chi connectivity index (χ4n) is 7.90. The number of benzene rings is 3. The lowest BCUT2D eigenvalue weighted by Crippen LogP contribution is -2.54. The minimum absolute atomic E-state index is 0.0422. The Hall–Kier alpha value is -5.63. The van der Waals surface area contributed by atoms with E-state index in [1.54, 1.807) is 6.20 Å². The number of methoxy groups -OCH3 is 1. The summed E-state index contributed by atoms with van der Waals surface area (Å²) in [5.41, 5.74) is 6.53. The Balaban J connectivity index is 1.01. The van der Waals surface area contributed by atoms with Crippen molar-refractivity contribution < 1.29 is 37.4 Å². The summed E-state index contributed by atoms with van der Waals surface area (Å²) < 4.78 is 41.0. The Bertz CT molecular complexity index is 2200. The van der Waals surface area contributed by atoms with Crippen molar-refractivity contribution in [3.8, 4) is 22.4 Å². The van der Waals surface area contributed by atoms with Crippen molar-refractivity contribution in [1.82, 2.24) is 25.1 Å². The molecule has 300 valence electrons. The number of amides is 3. The van der Waals surface area contributed by atoms with Gasteiger partial charge in [-0.05, 0) is 98.5 Å². The van der Waals surface area contributed by atoms with Gasteiger partial charge in [-0.15, -0.1) is 0 Å². The second-order valence-electron chi connectivity index (χ2n) is 15.7. The number of alkyl carbamates (subject to hydrolysis) is 1. The summed E-state index contributed by atoms with van der Waals surface area (Å²) in [6.45, 7) is 4.88. The van der Waals surface area contributed by atoms with Crippen molar-refractivity contribution in [2.75, 3.05) is 20.2 Å². The van der Waals surface area contributed by atoms with Gasteiger partial charge >= 0.3 is 18.8 Å². The number of rotatable bonds is 10. The summed E-state index contributed by atoms with van der Waals surface area (Å²) in [4.78, 5) is 54.6. The number of aromatic amines is 1. The molecule has 4 aromatic rings. The number of ether oxygens (including phenoxy) is 3. The number of nitrogens with one attached hydrogen (secondary N) is 2. The van der Waals surface area contributed by atoms with Crippen LogP contribution in [0, 0.1) is 0 Å². The highest BCUT2D eigenvalue weighted by atomic mass is 19.3. The Morgan fingerprint density at radius 2 is 1.51 bits per heavy atom. The Morgan fingerprint density at radius 1 is 0.877 bits per heavy atom. The number of hydrogen-bond donors (Lipinski definition) is 2. The number of carbonyl (C=O) groups is 3. The van der Waals surface area contributed by atoms with Gasteiger partial charge in [-0.1, -0.05) is 48.5 Å². The Kier molecular flexibility index (Phi) is 11.4. The predicted octanol–water partition coefficient (Wildman–Crippen LogP) is 8.50. The van der Waals surface area contributed by atoms with Crippen LogP contribution in [0.25, 0.3) is 38.7 Å². The van der Waals surface area contributed by atoms with Crippen LogP contribution >= 0.6 is 0 Å². The molecule has 1 aromatic heterocycles. The lowest BCUT2D eigenvalue weighted by atomic mass is 9.95. The summed E-state index contributed by atoms with van der Waals surface area (Å²) >= 11 is 0. The molecule has 7 rings (SSSR count). The molecule has 14 heteroatoms. The van der Waals surface area contributed by atoms with Crippen LogP contribution in [0.15, 0.2) is 78.1 Å². The van der Waals surface area contributed by atoms with Crippen LogP contribution < -0.4 is 5.32 Å². The largest absolute Gasteiger partial charge is 0.453 e. The van der Waals surface area contributed by atoms with E-state index in [0.717, 1.165) is 70.0 Å². The van der Waals surface area contributed by atoms with Crippen LogP contribution in [0.2, 0.25) is 0 Å². The van der Waals surface area contributed by atoms with Crippen molar-refractivity contribution in [2.24, 2.45) is 4.99 Å². The fourth-order valence-corrected chi connectivity index (χ4v) is 7.90. The molecule has 0 radical (unpaired) electrons. The monoisotopic (exact) mass is 782 g/mol. The average molecular weight is 783 g/mol. The van der Waals surface area contributed by atoms with Crippen LogP contribution in [0.3, 0.4) is 0 Å². The van der Waals surface area contributed by atoms with Gasteiger partial charge in [0.2, 0.25) is 5.91 Å². The van der Waals surface area contributed by atoms with E-state index in [9.17, 15) is 23.2 Å². The average Bonchev–Trinajstić information content (AvgIpc) is 4.02. The highest BCUT2D eigenvalue weighted by molar-refractivity contribution is 6.03. The van der Waals surface area contributed by atoms with E-state index in [4.69, 9.17) is 9.73 Å². The first-order valence-corrected chi connectivity index (χ1v) is 19.3. The van der Waals surface area contributed by atoms with Crippen LogP contribution in [0.4, 0.5) is 18.4 Å². The molecule has 12 nitrogen and oxygen atoms in total. The van der Waals surface area contributed by atoms with E-state index < -0.39 is 42.4 Å². The molecule has 0 bridgehead atoms. The summed E-state index contributed by atoms with van der Waals surface area (Å²) in [7, 11) is 1.13. The van der Waals surface area contributed by atoms with Gasteiger partial charge in [0, 0.05) is 37.0 Å². The van der Waals surface area contributed by atoms with Crippen molar-refractivity contribution in [2.45, 2.75) is 96.2 Å². The SMILES string of the molecule is COC(=O)N[C@H](C(=O)N1CCC[C@H]1c1ncc(-c2ccc3cc(-c4ccc(C5=CN=C([C@@H]6CCCN6C(=O)OC(C)(C)C)C5)cc4)ccc3c2)[nH]1)[C@@H](C)OC(F)F. The van der Waals surface area contributed by atoms with Crippen molar-refractivity contribution in [3.05, 3.63) is 84.4 Å². The van der Waals surface area contributed by atoms with Gasteiger partial charge in [0.15, 0.2) is 0 Å². The van der Waals surface area contributed by atoms with Gasteiger partial charge in [-0.2, -0.15) is 8.78 Å². The second-order valence-corrected chi connectivity index (χ2v) is 15.7. The van der Waals surface area contributed by atoms with Crippen molar-refractivity contribution in [3.63, 3.8) is 0 Å². The number of imidazole rings is 1. The van der Waals surface area contributed by atoms with Crippen molar-refractivity contribution in [1.29, 1.82) is 0 Å². The van der Waals surface area contributed by atoms with Gasteiger partial charge in [-0.3, -0.25) is 14.7 Å². The van der Waals surface area contributed by atoms with E-state index in [-0.39, 0.29) is 12.1 Å². The minimum atomic E-state index is -3.12. The first kappa shape index (κ1) is 39.6. The van der Waals surface area contributed by atoms with Crippen LogP contribution in [0.1, 0.15) is 77.2 Å². The van der Waals surface area contributed by atoms with E-state index in [0.29, 0.717) is 38.2 Å². The normalized spacial score (nSPS) is 19.4. The molecule has 3 aromatic carbocycles. The number of alkyl halides is 2. The maximum atomic E-state index is 13.6. The van der Waals surface area contributed by atoms with Crippen LogP contribution in [0.5, 0.6) is 0 Å². The molecule has 0 saturated carbocycles. The summed E-state index contributed by atoms with van der Waals surface area (Å²) in [5, 5.41) is 4.46. The first-order chi connectivity index (χ1) is 27.3. The van der Waals surface area contributed by atoms with Gasteiger partial charge in [0.05, 0.1) is 37.2 Å². The number of H-pyrrole nitrogens is 1. The van der Waals surface area contributed by atoms with E-state index in [2.05, 4.69) is 79.4 Å². The molecule has 2 saturated heterocycles. The number of aliphatic imine (C=N–C) groups is 1. The molecule has 4 atom stereocenters. The zero-order valence-corrected chi connectivity index (χ0v) is 32.8. The number of aromatic nitrogens is 2. The molecule has 4 heterocycles. The molecular formula is C43H48F2N6O6. The standard InChI is InChI=1S/C43H48F2N6O6/c1-25(56-40(44)45)37(49-41(53)55-5)39(52)50-18-7-9-36(50)38-47-24-34(48-38)31-17-16-29-20-28(14-15-30(29)21-31)26-10-12-27(13-11-26)32-22-33(46-23-32)35-8-6-19-51(35)42(54)57-43(2,3)4/h10-17,20-21,23-25,35-37,40H,6-9,18-19,22H2,1-5H3,(H,47,48)(H,49,53)/t25-,35+,36+,37+/m1/s1. The maximum absolute atomic E-state index is 13.6. The molecule has 0 aliphatic carbocycles. The first-order valence-electron chi connectivity index (χ1n) is 19.3. The maximum Gasteiger partial charge on any atom is 0.410 e. The van der Waals surface area contributed by atoms with E-state index in [1.165, 1.54) is 11.8 Å². The lowest BCUT2D eigenvalue weighted by molar-refractivity contribution is -0.171. The molecule has 3 amide bonds. The number of likely N-dealkylation sites (tertiary alicyclic amines) is 2. The van der Waals surface area contributed by atoms with Crippen LogP contribution in [-0.2, 0) is 19.0 Å². The molecule has 0 spiro atoms. The summed E-state index contributed by atoms with van der Waals surface area (Å²) in [5.74, 6) is 0.00268. The third kappa shape index (κ3) is 8.85. The molecular weight excluding hydrogens is 735 g/mol. The fraction of sp³-hybridized carbons (Fsp3) is 0.419. The number of allylic oxidation sites excluding steroid dienone is 1. The van der Waals surface area contributed by atoms with E-state index in [1.807, 2.05) is 37.9 Å². The molecule has 3 aliphatic rings. The minimum Gasteiger partial charge on any atom is -0.453 e. The summed E-state index contributed by atoms with van der Waals surface area (Å²) in [6, 6.07) is 19.1. The molecule has 3 aliphatic heterocycles. The van der Waals surface area contributed by atoms with Gasteiger partial charge in [0.1, 0.15) is 17.5 Å². The summed E-state index contributed by atoms with van der Waals surface area (Å²) in [6.07, 6.45) is 4.93. The Labute approximate surface area is 330 Å². The van der Waals surface area contributed by atoms with Crippen molar-refractivity contribution >= 4 is 40.2 Å². The molecule has 57 heavy (non-hydrogen) atoms. The highest BCUT2D eigenvalue weighted by Gasteiger charge is 2.40. The number of fused-ring (bicyclic) bond motifs is 1. The van der Waals surface area contributed by atoms with E-state index >= 15 is 0 Å². The number of halogens is 2. The van der Waals surface area contributed by atoms with Crippen LogP contribution in [-0.4, -0.2) is 94.2 Å². The third-order valence-corrected chi connectivity index (χ3v) is 10.7. The van der Waals surface area contributed by atoms with Gasteiger partial charge < -0.3 is 29.4 Å². The smallest absolute Gasteiger partial charge is 0.410 e. The zero-order valence-electron chi connectivity index (χ0n) is 32.8. The predicted molar refractivity (Wildman–Crippen MR) is 213 cm³/mol. The molecule has 2 N–H and O–H groups in total. The quantitative estimate of drug-likeness (QED) is 0.165. The number of nitrogens with zero attached hydrogens (tertiary/aromatic N) is 4. The number of hydrogen-bond acceptors (Lipinski definition) is 8. The van der Waals surface area contributed by atoms with Gasteiger partial charge in [-0.25, -0.2) is 14.6 Å². The lowest BCUT2D eigenvalue weighted by Gasteiger charge is -2.30. The topological polar surface area (TPSA) is 138 Å². The zero-order chi connectivity index (χ0) is 40.4. The molecule has 0 unspecified atom stereocenters. The highest BCUT2D eigenvalue weighted by Crippen LogP contribution is 2.35.